The molecule has 1 aliphatic heterocycles. The van der Waals surface area contributed by atoms with E-state index in [1.54, 1.807) is 11.3 Å². The van der Waals surface area contributed by atoms with E-state index >= 15 is 0 Å². The molecule has 0 bridgehead atoms. The molecule has 2 heterocycles. The number of carboxylic acid groups (broad SMARTS) is 1. The van der Waals surface area contributed by atoms with Crippen LogP contribution in [0.1, 0.15) is 23.4 Å². The molecule has 4 nitrogen and oxygen atoms in total. The number of hydrogen-bond acceptors (Lipinski definition) is 4. The maximum Gasteiger partial charge on any atom is 0.303 e. The van der Waals surface area contributed by atoms with E-state index in [1.165, 1.54) is 4.88 Å². The van der Waals surface area contributed by atoms with Crippen molar-refractivity contribution in [3.05, 3.63) is 16.1 Å². The number of rotatable bonds is 4. The first-order chi connectivity index (χ1) is 7.65. The van der Waals surface area contributed by atoms with Crippen molar-refractivity contribution in [1.29, 1.82) is 0 Å². The van der Waals surface area contributed by atoms with Crippen LogP contribution in [-0.4, -0.2) is 34.0 Å². The summed E-state index contributed by atoms with van der Waals surface area (Å²) in [6, 6.07) is 0. The van der Waals surface area contributed by atoms with Crippen molar-refractivity contribution in [2.24, 2.45) is 5.92 Å². The fraction of sp³-hybridized carbons (Fsp3) is 0.636. The highest BCUT2D eigenvalue weighted by Crippen LogP contribution is 2.23. The van der Waals surface area contributed by atoms with E-state index < -0.39 is 5.97 Å². The van der Waals surface area contributed by atoms with E-state index in [2.05, 4.69) is 9.88 Å². The Morgan fingerprint density at radius 2 is 2.56 bits per heavy atom. The Morgan fingerprint density at radius 3 is 3.19 bits per heavy atom. The first-order valence-electron chi connectivity index (χ1n) is 5.48. The van der Waals surface area contributed by atoms with E-state index in [1.807, 2.05) is 12.4 Å². The minimum absolute atomic E-state index is 0.304. The quantitative estimate of drug-likeness (QED) is 0.871. The van der Waals surface area contributed by atoms with Crippen LogP contribution < -0.4 is 0 Å². The average molecular weight is 240 g/mol. The Balaban J connectivity index is 1.85. The Hall–Kier alpha value is -0.940. The number of hydrogen-bond donors (Lipinski definition) is 1. The van der Waals surface area contributed by atoms with Gasteiger partial charge in [-0.15, -0.1) is 11.3 Å². The smallest absolute Gasteiger partial charge is 0.303 e. The summed E-state index contributed by atoms with van der Waals surface area (Å²) >= 11 is 1.68. The number of nitrogens with zero attached hydrogens (tertiary/aromatic N) is 2. The second-order valence-electron chi connectivity index (χ2n) is 4.35. The van der Waals surface area contributed by atoms with Crippen LogP contribution >= 0.6 is 11.3 Å². The highest BCUT2D eigenvalue weighted by atomic mass is 32.1. The zero-order valence-electron chi connectivity index (χ0n) is 9.35. The molecule has 1 saturated heterocycles. The van der Waals surface area contributed by atoms with Crippen molar-refractivity contribution < 1.29 is 9.90 Å². The molecule has 0 saturated carbocycles. The van der Waals surface area contributed by atoms with E-state index in [0.29, 0.717) is 12.3 Å². The van der Waals surface area contributed by atoms with Gasteiger partial charge in [0.1, 0.15) is 0 Å². The molecule has 2 rings (SSSR count). The minimum Gasteiger partial charge on any atom is -0.481 e. The lowest BCUT2D eigenvalue weighted by Crippen LogP contribution is -2.20. The SMILES string of the molecule is Cc1ncsc1CN1CCC(CC(=O)O)C1. The van der Waals surface area contributed by atoms with Crippen molar-refractivity contribution in [3.63, 3.8) is 0 Å². The predicted molar refractivity (Wildman–Crippen MR) is 62.5 cm³/mol. The van der Waals surface area contributed by atoms with Crippen molar-refractivity contribution in [3.8, 4) is 0 Å². The first kappa shape index (κ1) is 11.5. The fourth-order valence-corrected chi connectivity index (χ4v) is 2.97. The van der Waals surface area contributed by atoms with Gasteiger partial charge in [0.2, 0.25) is 0 Å². The summed E-state index contributed by atoms with van der Waals surface area (Å²) in [4.78, 5) is 18.5. The first-order valence-corrected chi connectivity index (χ1v) is 6.36. The molecule has 1 aromatic heterocycles. The third-order valence-electron chi connectivity index (χ3n) is 3.05. The summed E-state index contributed by atoms with van der Waals surface area (Å²) < 4.78 is 0. The Kier molecular flexibility index (Phi) is 3.56. The molecule has 0 aliphatic carbocycles. The standard InChI is InChI=1S/C11H16N2O2S/c1-8-10(16-7-12-8)6-13-3-2-9(5-13)4-11(14)15/h7,9H,2-6H2,1H3,(H,14,15). The highest BCUT2D eigenvalue weighted by molar-refractivity contribution is 7.09. The van der Waals surface area contributed by atoms with Crippen LogP contribution in [0.3, 0.4) is 0 Å². The summed E-state index contributed by atoms with van der Waals surface area (Å²) in [5.74, 6) is -0.355. The van der Waals surface area contributed by atoms with Gasteiger partial charge in [-0.25, -0.2) is 4.98 Å². The molecule has 1 aromatic rings. The van der Waals surface area contributed by atoms with E-state index in [9.17, 15) is 4.79 Å². The lowest BCUT2D eigenvalue weighted by atomic mass is 10.1. The largest absolute Gasteiger partial charge is 0.481 e. The summed E-state index contributed by atoms with van der Waals surface area (Å²) in [5, 5.41) is 8.73. The molecular formula is C11H16N2O2S. The van der Waals surface area contributed by atoms with E-state index in [-0.39, 0.29) is 0 Å². The lowest BCUT2D eigenvalue weighted by molar-refractivity contribution is -0.138. The molecule has 0 radical (unpaired) electrons. The second kappa shape index (κ2) is 4.93. The molecule has 1 fully saturated rings. The maximum absolute atomic E-state index is 10.6. The molecule has 5 heteroatoms. The van der Waals surface area contributed by atoms with Crippen LogP contribution in [0.4, 0.5) is 0 Å². The zero-order valence-corrected chi connectivity index (χ0v) is 10.2. The summed E-state index contributed by atoms with van der Waals surface area (Å²) in [6.45, 7) is 4.86. The van der Waals surface area contributed by atoms with Crippen molar-refractivity contribution in [2.75, 3.05) is 13.1 Å². The topological polar surface area (TPSA) is 53.4 Å². The molecule has 88 valence electrons. The van der Waals surface area contributed by atoms with Gasteiger partial charge in [0, 0.05) is 24.4 Å². The van der Waals surface area contributed by atoms with Gasteiger partial charge in [0.25, 0.3) is 0 Å². The number of carboxylic acids is 1. The maximum atomic E-state index is 10.6. The number of thiazole rings is 1. The Morgan fingerprint density at radius 1 is 1.75 bits per heavy atom. The van der Waals surface area contributed by atoms with E-state index in [4.69, 9.17) is 5.11 Å². The van der Waals surface area contributed by atoms with Crippen LogP contribution in [0.25, 0.3) is 0 Å². The van der Waals surface area contributed by atoms with Crippen molar-refractivity contribution in [2.45, 2.75) is 26.3 Å². The molecule has 1 N–H and O–H groups in total. The molecule has 1 aliphatic rings. The molecule has 1 atom stereocenters. The van der Waals surface area contributed by atoms with Gasteiger partial charge in [0.15, 0.2) is 0 Å². The van der Waals surface area contributed by atoms with Crippen LogP contribution in [0, 0.1) is 12.8 Å². The molecule has 1 unspecified atom stereocenters. The van der Waals surface area contributed by atoms with Gasteiger partial charge in [-0.3, -0.25) is 9.69 Å². The van der Waals surface area contributed by atoms with Gasteiger partial charge in [-0.1, -0.05) is 0 Å². The van der Waals surface area contributed by atoms with Gasteiger partial charge in [-0.2, -0.15) is 0 Å². The van der Waals surface area contributed by atoms with Gasteiger partial charge < -0.3 is 5.11 Å². The second-order valence-corrected chi connectivity index (χ2v) is 5.29. The van der Waals surface area contributed by atoms with Crippen molar-refractivity contribution >= 4 is 17.3 Å². The highest BCUT2D eigenvalue weighted by Gasteiger charge is 2.24. The number of aliphatic carboxylic acids is 1. The Labute approximate surface area is 98.9 Å². The van der Waals surface area contributed by atoms with Crippen molar-refractivity contribution in [1.82, 2.24) is 9.88 Å². The number of aromatic nitrogens is 1. The lowest BCUT2D eigenvalue weighted by Gasteiger charge is -2.14. The summed E-state index contributed by atoms with van der Waals surface area (Å²) in [7, 11) is 0. The number of aryl methyl sites for hydroxylation is 1. The van der Waals surface area contributed by atoms with Crippen LogP contribution in [0.15, 0.2) is 5.51 Å². The summed E-state index contributed by atoms with van der Waals surface area (Å²) in [5.41, 5.74) is 2.97. The fourth-order valence-electron chi connectivity index (χ4n) is 2.15. The average Bonchev–Trinajstić information content (AvgIpc) is 2.77. The zero-order chi connectivity index (χ0) is 11.5. The minimum atomic E-state index is -0.680. The number of carbonyl (C=O) groups is 1. The molecular weight excluding hydrogens is 224 g/mol. The van der Waals surface area contributed by atoms with Gasteiger partial charge >= 0.3 is 5.97 Å². The van der Waals surface area contributed by atoms with Crippen LogP contribution in [-0.2, 0) is 11.3 Å². The predicted octanol–water partition coefficient (Wildman–Crippen LogP) is 1.75. The van der Waals surface area contributed by atoms with Gasteiger partial charge in [0.05, 0.1) is 11.2 Å². The molecule has 0 aromatic carbocycles. The van der Waals surface area contributed by atoms with E-state index in [0.717, 1.165) is 31.7 Å². The molecule has 0 spiro atoms. The molecule has 0 amide bonds. The third-order valence-corrected chi connectivity index (χ3v) is 3.97. The Bertz CT molecular complexity index is 378. The molecule has 16 heavy (non-hydrogen) atoms. The summed E-state index contributed by atoms with van der Waals surface area (Å²) in [6.07, 6.45) is 1.31. The third kappa shape index (κ3) is 2.80. The monoisotopic (exact) mass is 240 g/mol. The normalized spacial score (nSPS) is 21.4. The van der Waals surface area contributed by atoms with Gasteiger partial charge in [-0.05, 0) is 25.8 Å². The number of likely N-dealkylation sites (tertiary alicyclic amines) is 1. The van der Waals surface area contributed by atoms with Crippen LogP contribution in [0.5, 0.6) is 0 Å². The van der Waals surface area contributed by atoms with Crippen LogP contribution in [0.2, 0.25) is 0 Å².